The lowest BCUT2D eigenvalue weighted by atomic mass is 9.76. The van der Waals surface area contributed by atoms with Crippen LogP contribution in [0.2, 0.25) is 5.02 Å². The molecule has 2 aliphatic heterocycles. The monoisotopic (exact) mass is 614 g/mol. The molecule has 0 aliphatic carbocycles. The highest BCUT2D eigenvalue weighted by atomic mass is 35.5. The number of aliphatic imine (C=N–C) groups is 2. The Kier molecular flexibility index (Phi) is 21.1. The predicted molar refractivity (Wildman–Crippen MR) is 190 cm³/mol. The van der Waals surface area contributed by atoms with Gasteiger partial charge in [-0.15, -0.1) is 0 Å². The van der Waals surface area contributed by atoms with Crippen LogP contribution in [0.3, 0.4) is 0 Å². The summed E-state index contributed by atoms with van der Waals surface area (Å²) < 4.78 is 5.60. The number of likely N-dealkylation sites (tertiary alicyclic amines) is 1. The normalized spacial score (nSPS) is 17.3. The van der Waals surface area contributed by atoms with Gasteiger partial charge in [0.1, 0.15) is 5.60 Å². The van der Waals surface area contributed by atoms with Crippen LogP contribution in [0.25, 0.3) is 6.08 Å². The van der Waals surface area contributed by atoms with Gasteiger partial charge < -0.3 is 14.5 Å². The highest BCUT2D eigenvalue weighted by Crippen LogP contribution is 2.38. The zero-order valence-corrected chi connectivity index (χ0v) is 29.2. The number of hydrogen-bond acceptors (Lipinski definition) is 5. The summed E-state index contributed by atoms with van der Waals surface area (Å²) in [5.41, 5.74) is 2.06. The third-order valence-electron chi connectivity index (χ3n) is 6.75. The Bertz CT molecular complexity index is 1010. The molecule has 0 saturated carbocycles. The molecule has 0 aromatic heterocycles. The summed E-state index contributed by atoms with van der Waals surface area (Å²) in [6.07, 6.45) is 16.1. The van der Waals surface area contributed by atoms with E-state index in [2.05, 4.69) is 78.5 Å². The van der Waals surface area contributed by atoms with E-state index in [0.29, 0.717) is 17.9 Å². The first-order chi connectivity index (χ1) is 20.6. The number of rotatable bonds is 9. The molecule has 0 bridgehead atoms. The van der Waals surface area contributed by atoms with E-state index in [1.54, 1.807) is 0 Å². The van der Waals surface area contributed by atoms with E-state index < -0.39 is 5.60 Å². The van der Waals surface area contributed by atoms with E-state index in [0.717, 1.165) is 56.9 Å². The maximum Gasteiger partial charge on any atom is 0.410 e. The van der Waals surface area contributed by atoms with Gasteiger partial charge in [0.15, 0.2) is 0 Å². The van der Waals surface area contributed by atoms with Crippen molar-refractivity contribution in [3.63, 3.8) is 0 Å². The molecule has 1 fully saturated rings. The van der Waals surface area contributed by atoms with Crippen molar-refractivity contribution in [1.82, 2.24) is 9.80 Å². The zero-order valence-electron chi connectivity index (χ0n) is 28.5. The quantitative estimate of drug-likeness (QED) is 0.205. The summed E-state index contributed by atoms with van der Waals surface area (Å²) in [5.74, 6) is 0.874. The van der Waals surface area contributed by atoms with Crippen LogP contribution in [0.5, 0.6) is 0 Å². The second kappa shape index (κ2) is 22.6. The van der Waals surface area contributed by atoms with Crippen LogP contribution in [-0.2, 0) is 4.74 Å². The van der Waals surface area contributed by atoms with Crippen LogP contribution in [0, 0.1) is 5.92 Å². The molecule has 43 heavy (non-hydrogen) atoms. The van der Waals surface area contributed by atoms with Gasteiger partial charge in [-0.1, -0.05) is 83.2 Å². The first kappa shape index (κ1) is 40.1. The maximum absolute atomic E-state index is 12.6. The molecule has 0 N–H and O–H groups in total. The van der Waals surface area contributed by atoms with Gasteiger partial charge >= 0.3 is 6.09 Å². The standard InChI is InChI=1S/C29H42ClN3O2.C3H5N.2C2H6/c1-6-7-8-11-26(23-14-17-33(18-15-23)28(34)35-29(3,4)5)27-13-12-25(30)19-24(27)10-9-16-32-20-22(2)31-21-32;1-3-4-2;2*1-2/h7-10,12-13,19,21-23,26H,6,11,14-18,20H2,1-5H3;3H,1-2H2;2*1-2H3/b8-7-,10-9+;;;. The minimum absolute atomic E-state index is 0.201. The Morgan fingerprint density at radius 3 is 2.30 bits per heavy atom. The van der Waals surface area contributed by atoms with Gasteiger partial charge in [-0.2, -0.15) is 0 Å². The molecule has 242 valence electrons. The molecule has 7 heteroatoms. The summed E-state index contributed by atoms with van der Waals surface area (Å²) in [5, 5.41) is 0.757. The number of hydrogen-bond donors (Lipinski definition) is 0. The molecule has 2 atom stereocenters. The first-order valence-electron chi connectivity index (χ1n) is 16.0. The largest absolute Gasteiger partial charge is 0.444 e. The Labute approximate surface area is 268 Å². The second-order valence-corrected chi connectivity index (χ2v) is 11.6. The minimum Gasteiger partial charge on any atom is -0.444 e. The van der Waals surface area contributed by atoms with Crippen molar-refractivity contribution in [2.24, 2.45) is 15.9 Å². The van der Waals surface area contributed by atoms with Crippen molar-refractivity contribution in [2.45, 2.75) is 106 Å². The summed E-state index contributed by atoms with van der Waals surface area (Å²) in [4.78, 5) is 24.4. The topological polar surface area (TPSA) is 57.5 Å². The SMILES string of the molecule is C=CN=C.CC.CC.CC/C=C\CC(c1ccc(Cl)cc1/C=C/CN1C=NC(C)C1)C1CCN(C(=O)OC(C)(C)C)CC1. The fraction of sp³-hybridized carbons (Fsp3) is 0.583. The predicted octanol–water partition coefficient (Wildman–Crippen LogP) is 10.1. The molecule has 1 aromatic rings. The summed E-state index contributed by atoms with van der Waals surface area (Å²) in [6.45, 7) is 27.7. The number of carbonyl (C=O) groups excluding carboxylic acids is 1. The molecular formula is C36H59ClN4O2. The van der Waals surface area contributed by atoms with Crippen molar-refractivity contribution < 1.29 is 9.53 Å². The van der Waals surface area contributed by atoms with Crippen molar-refractivity contribution in [2.75, 3.05) is 26.2 Å². The van der Waals surface area contributed by atoms with Crippen LogP contribution in [0.4, 0.5) is 4.79 Å². The van der Waals surface area contributed by atoms with Crippen molar-refractivity contribution in [1.29, 1.82) is 0 Å². The maximum atomic E-state index is 12.6. The highest BCUT2D eigenvalue weighted by molar-refractivity contribution is 6.30. The number of carbonyl (C=O) groups is 1. The molecule has 1 aromatic carbocycles. The third kappa shape index (κ3) is 16.0. The molecular weight excluding hydrogens is 556 g/mol. The lowest BCUT2D eigenvalue weighted by Gasteiger charge is -2.37. The van der Waals surface area contributed by atoms with Gasteiger partial charge in [0.25, 0.3) is 0 Å². The summed E-state index contributed by atoms with van der Waals surface area (Å²) in [7, 11) is 0. The molecule has 2 heterocycles. The average molecular weight is 615 g/mol. The molecule has 0 spiro atoms. The molecule has 2 unspecified atom stereocenters. The molecule has 6 nitrogen and oxygen atoms in total. The van der Waals surface area contributed by atoms with Gasteiger partial charge in [0.2, 0.25) is 0 Å². The van der Waals surface area contributed by atoms with Gasteiger partial charge in [0.05, 0.1) is 12.4 Å². The van der Waals surface area contributed by atoms with Crippen LogP contribution < -0.4 is 0 Å². The highest BCUT2D eigenvalue weighted by Gasteiger charge is 2.31. The fourth-order valence-corrected chi connectivity index (χ4v) is 5.08. The molecule has 1 saturated heterocycles. The smallest absolute Gasteiger partial charge is 0.410 e. The van der Waals surface area contributed by atoms with E-state index in [9.17, 15) is 4.79 Å². The average Bonchev–Trinajstić information content (AvgIpc) is 3.42. The van der Waals surface area contributed by atoms with Gasteiger partial charge in [-0.25, -0.2) is 4.79 Å². The first-order valence-corrected chi connectivity index (χ1v) is 16.4. The number of amides is 1. The Balaban J connectivity index is 0.00000200. The van der Waals surface area contributed by atoms with Crippen LogP contribution >= 0.6 is 11.6 Å². The molecule has 1 amide bonds. The van der Waals surface area contributed by atoms with Crippen molar-refractivity contribution in [3.8, 4) is 0 Å². The van der Waals surface area contributed by atoms with E-state index >= 15 is 0 Å². The Morgan fingerprint density at radius 2 is 1.79 bits per heavy atom. The number of ether oxygens (including phenoxy) is 1. The lowest BCUT2D eigenvalue weighted by molar-refractivity contribution is 0.0174. The van der Waals surface area contributed by atoms with Crippen LogP contribution in [0.1, 0.15) is 105 Å². The van der Waals surface area contributed by atoms with Crippen molar-refractivity contribution in [3.05, 3.63) is 65.4 Å². The number of benzene rings is 1. The van der Waals surface area contributed by atoms with Crippen LogP contribution in [-0.4, -0.2) is 66.8 Å². The summed E-state index contributed by atoms with van der Waals surface area (Å²) in [6, 6.07) is 6.66. The second-order valence-electron chi connectivity index (χ2n) is 11.1. The molecule has 2 aliphatic rings. The molecule has 0 radical (unpaired) electrons. The van der Waals surface area contributed by atoms with Gasteiger partial charge in [-0.3, -0.25) is 9.98 Å². The van der Waals surface area contributed by atoms with Crippen molar-refractivity contribution >= 4 is 36.8 Å². The number of allylic oxidation sites excluding steroid dienone is 2. The minimum atomic E-state index is -0.467. The van der Waals surface area contributed by atoms with E-state index in [1.807, 2.05) is 65.8 Å². The number of halogens is 1. The molecule has 3 rings (SSSR count). The lowest BCUT2D eigenvalue weighted by Crippen LogP contribution is -2.42. The van der Waals surface area contributed by atoms with Gasteiger partial charge in [0, 0.05) is 37.4 Å². The van der Waals surface area contributed by atoms with Crippen LogP contribution in [0.15, 0.2) is 59.2 Å². The Morgan fingerprint density at radius 1 is 1.16 bits per heavy atom. The fourth-order valence-electron chi connectivity index (χ4n) is 4.90. The number of nitrogens with zero attached hydrogens (tertiary/aromatic N) is 4. The summed E-state index contributed by atoms with van der Waals surface area (Å²) >= 11 is 6.43. The van der Waals surface area contributed by atoms with E-state index in [-0.39, 0.29) is 6.09 Å². The van der Waals surface area contributed by atoms with Gasteiger partial charge in [-0.05, 0) is 95.2 Å². The van der Waals surface area contributed by atoms with E-state index in [4.69, 9.17) is 16.3 Å². The Hall–Kier alpha value is -2.86. The third-order valence-corrected chi connectivity index (χ3v) is 6.99. The zero-order chi connectivity index (χ0) is 32.8. The van der Waals surface area contributed by atoms with E-state index in [1.165, 1.54) is 17.3 Å². The number of piperidine rings is 1.